The Labute approximate surface area is 106 Å². The van der Waals surface area contributed by atoms with Gasteiger partial charge in [0.1, 0.15) is 6.04 Å². The van der Waals surface area contributed by atoms with Crippen LogP contribution in [0.5, 0.6) is 0 Å². The van der Waals surface area contributed by atoms with E-state index in [0.29, 0.717) is 6.42 Å². The van der Waals surface area contributed by atoms with E-state index >= 15 is 0 Å². The van der Waals surface area contributed by atoms with Gasteiger partial charge in [-0.1, -0.05) is 30.3 Å². The number of carbonyl (C=O) groups excluding carboxylic acids is 2. The van der Waals surface area contributed by atoms with Gasteiger partial charge in [0.2, 0.25) is 5.91 Å². The van der Waals surface area contributed by atoms with E-state index in [-0.39, 0.29) is 11.8 Å². The highest BCUT2D eigenvalue weighted by Gasteiger charge is 2.32. The molecule has 0 radical (unpaired) electrons. The third-order valence-corrected chi connectivity index (χ3v) is 3.03. The average molecular weight is 247 g/mol. The third-order valence-electron chi connectivity index (χ3n) is 3.03. The Balaban J connectivity index is 2.00. The third kappa shape index (κ3) is 3.32. The number of benzene rings is 1. The van der Waals surface area contributed by atoms with Gasteiger partial charge in [-0.3, -0.25) is 4.79 Å². The Morgan fingerprint density at radius 2 is 2.00 bits per heavy atom. The lowest BCUT2D eigenvalue weighted by Gasteiger charge is -2.16. The van der Waals surface area contributed by atoms with Gasteiger partial charge in [-0.15, -0.1) is 0 Å². The molecule has 2 rings (SSSR count). The molecule has 4 nitrogen and oxygen atoms in total. The molecule has 1 fully saturated rings. The summed E-state index contributed by atoms with van der Waals surface area (Å²) in [6, 6.07) is 9.00. The number of amides is 1. The van der Waals surface area contributed by atoms with Crippen LogP contribution in [0.25, 0.3) is 0 Å². The summed E-state index contributed by atoms with van der Waals surface area (Å²) in [6.07, 6.45) is 2.31. The summed E-state index contributed by atoms with van der Waals surface area (Å²) < 4.78 is 4.73. The summed E-state index contributed by atoms with van der Waals surface area (Å²) in [5.74, 6) is -0.345. The highest BCUT2D eigenvalue weighted by Crippen LogP contribution is 2.29. The minimum absolute atomic E-state index is 0.0404. The first-order valence-electron chi connectivity index (χ1n) is 6.13. The van der Waals surface area contributed by atoms with Gasteiger partial charge in [0.05, 0.1) is 7.11 Å². The van der Waals surface area contributed by atoms with E-state index in [4.69, 9.17) is 4.74 Å². The fraction of sp³-hybridized carbons (Fsp3) is 0.429. The molecule has 18 heavy (non-hydrogen) atoms. The van der Waals surface area contributed by atoms with Crippen LogP contribution in [0.15, 0.2) is 30.3 Å². The number of ether oxygens (including phenoxy) is 1. The van der Waals surface area contributed by atoms with Crippen molar-refractivity contribution in [3.05, 3.63) is 35.9 Å². The van der Waals surface area contributed by atoms with Crippen molar-refractivity contribution in [2.24, 2.45) is 5.92 Å². The molecule has 1 aliphatic rings. The van der Waals surface area contributed by atoms with Crippen molar-refractivity contribution in [2.75, 3.05) is 7.11 Å². The maximum absolute atomic E-state index is 11.7. The Hall–Kier alpha value is -1.84. The van der Waals surface area contributed by atoms with Crippen LogP contribution in [0.4, 0.5) is 0 Å². The summed E-state index contributed by atoms with van der Waals surface area (Å²) in [5, 5.41) is 2.76. The van der Waals surface area contributed by atoms with E-state index in [2.05, 4.69) is 5.32 Å². The van der Waals surface area contributed by atoms with Crippen LogP contribution in [0.1, 0.15) is 18.4 Å². The van der Waals surface area contributed by atoms with Crippen molar-refractivity contribution in [3.63, 3.8) is 0 Å². The zero-order chi connectivity index (χ0) is 13.0. The minimum atomic E-state index is -0.592. The van der Waals surface area contributed by atoms with Crippen molar-refractivity contribution in [1.29, 1.82) is 0 Å². The number of hydrogen-bond donors (Lipinski definition) is 1. The second-order valence-corrected chi connectivity index (χ2v) is 4.55. The molecule has 0 saturated heterocycles. The van der Waals surface area contributed by atoms with E-state index in [1.54, 1.807) is 0 Å². The van der Waals surface area contributed by atoms with E-state index in [9.17, 15) is 9.59 Å². The lowest BCUT2D eigenvalue weighted by molar-refractivity contribution is -0.145. The van der Waals surface area contributed by atoms with Crippen molar-refractivity contribution < 1.29 is 14.3 Å². The molecule has 0 unspecified atom stereocenters. The predicted octanol–water partition coefficient (Wildman–Crippen LogP) is 1.30. The normalized spacial score (nSPS) is 15.8. The molecule has 96 valence electrons. The molecule has 0 spiro atoms. The maximum atomic E-state index is 11.7. The summed E-state index contributed by atoms with van der Waals surface area (Å²) >= 11 is 0. The maximum Gasteiger partial charge on any atom is 0.328 e. The summed E-state index contributed by atoms with van der Waals surface area (Å²) in [6.45, 7) is 0. The molecule has 1 aromatic carbocycles. The lowest BCUT2D eigenvalue weighted by atomic mass is 10.1. The Bertz CT molecular complexity index is 426. The summed E-state index contributed by atoms with van der Waals surface area (Å²) in [5.41, 5.74) is 1.00. The summed E-state index contributed by atoms with van der Waals surface area (Å²) in [7, 11) is 1.34. The van der Waals surface area contributed by atoms with E-state index < -0.39 is 12.0 Å². The zero-order valence-electron chi connectivity index (χ0n) is 10.4. The molecule has 0 bridgehead atoms. The molecule has 0 heterocycles. The number of nitrogens with one attached hydrogen (secondary N) is 1. The Morgan fingerprint density at radius 1 is 1.33 bits per heavy atom. The fourth-order valence-electron chi connectivity index (χ4n) is 1.82. The van der Waals surface area contributed by atoms with Crippen LogP contribution < -0.4 is 5.32 Å². The molecule has 0 aliphatic heterocycles. The highest BCUT2D eigenvalue weighted by molar-refractivity contribution is 5.87. The monoisotopic (exact) mass is 247 g/mol. The van der Waals surface area contributed by atoms with Gasteiger partial charge in [0, 0.05) is 12.3 Å². The predicted molar refractivity (Wildman–Crippen MR) is 66.8 cm³/mol. The number of hydrogen-bond acceptors (Lipinski definition) is 3. The Morgan fingerprint density at radius 3 is 2.56 bits per heavy atom. The summed E-state index contributed by atoms with van der Waals surface area (Å²) in [4.78, 5) is 23.4. The first-order chi connectivity index (χ1) is 8.70. The molecule has 1 aromatic rings. The SMILES string of the molecule is COC(=O)[C@@H](Cc1ccccc1)NC(=O)C1CC1. The molecule has 1 amide bonds. The van der Waals surface area contributed by atoms with Crippen molar-refractivity contribution in [3.8, 4) is 0 Å². The molecule has 0 aromatic heterocycles. The number of rotatable bonds is 5. The van der Waals surface area contributed by atoms with Crippen molar-refractivity contribution in [1.82, 2.24) is 5.32 Å². The van der Waals surface area contributed by atoms with E-state index in [1.165, 1.54) is 7.11 Å². The van der Waals surface area contributed by atoms with Crippen LogP contribution in [-0.2, 0) is 20.7 Å². The second-order valence-electron chi connectivity index (χ2n) is 4.55. The van der Waals surface area contributed by atoms with Crippen LogP contribution >= 0.6 is 0 Å². The van der Waals surface area contributed by atoms with Crippen LogP contribution in [0.2, 0.25) is 0 Å². The van der Waals surface area contributed by atoms with Crippen LogP contribution in [0, 0.1) is 5.92 Å². The van der Waals surface area contributed by atoms with Gasteiger partial charge >= 0.3 is 5.97 Å². The molecule has 4 heteroatoms. The molecular formula is C14H17NO3. The van der Waals surface area contributed by atoms with Gasteiger partial charge in [-0.25, -0.2) is 4.79 Å². The van der Waals surface area contributed by atoms with Gasteiger partial charge in [0.15, 0.2) is 0 Å². The van der Waals surface area contributed by atoms with Gasteiger partial charge < -0.3 is 10.1 Å². The van der Waals surface area contributed by atoms with E-state index in [0.717, 1.165) is 18.4 Å². The average Bonchev–Trinajstić information content (AvgIpc) is 3.22. The number of carbonyl (C=O) groups is 2. The molecule has 1 atom stereocenters. The smallest absolute Gasteiger partial charge is 0.328 e. The van der Waals surface area contributed by atoms with Crippen molar-refractivity contribution in [2.45, 2.75) is 25.3 Å². The minimum Gasteiger partial charge on any atom is -0.467 e. The fourth-order valence-corrected chi connectivity index (χ4v) is 1.82. The number of methoxy groups -OCH3 is 1. The number of esters is 1. The zero-order valence-corrected chi connectivity index (χ0v) is 10.4. The van der Waals surface area contributed by atoms with E-state index in [1.807, 2.05) is 30.3 Å². The first-order valence-corrected chi connectivity index (χ1v) is 6.13. The van der Waals surface area contributed by atoms with Crippen LogP contribution in [-0.4, -0.2) is 25.0 Å². The van der Waals surface area contributed by atoms with Gasteiger partial charge in [-0.05, 0) is 18.4 Å². The molecular weight excluding hydrogens is 230 g/mol. The van der Waals surface area contributed by atoms with Gasteiger partial charge in [-0.2, -0.15) is 0 Å². The molecule has 1 N–H and O–H groups in total. The first kappa shape index (κ1) is 12.6. The topological polar surface area (TPSA) is 55.4 Å². The molecule has 1 aliphatic carbocycles. The second kappa shape index (κ2) is 5.67. The van der Waals surface area contributed by atoms with Crippen molar-refractivity contribution >= 4 is 11.9 Å². The van der Waals surface area contributed by atoms with Gasteiger partial charge in [0.25, 0.3) is 0 Å². The highest BCUT2D eigenvalue weighted by atomic mass is 16.5. The largest absolute Gasteiger partial charge is 0.467 e. The van der Waals surface area contributed by atoms with Crippen LogP contribution in [0.3, 0.4) is 0 Å². The standard InChI is InChI=1S/C14H17NO3/c1-18-14(17)12(15-13(16)11-7-8-11)9-10-5-3-2-4-6-10/h2-6,11-12H,7-9H2,1H3,(H,15,16)/t12-/m1/s1. The Kier molecular flexibility index (Phi) is 3.97. The quantitative estimate of drug-likeness (QED) is 0.798. The molecule has 1 saturated carbocycles. The lowest BCUT2D eigenvalue weighted by Crippen LogP contribution is -2.43.